The molecule has 0 atom stereocenters. The summed E-state index contributed by atoms with van der Waals surface area (Å²) in [5.41, 5.74) is 5.83. The van der Waals surface area contributed by atoms with Crippen molar-refractivity contribution in [1.29, 1.82) is 0 Å². The lowest BCUT2D eigenvalue weighted by molar-refractivity contribution is -0.659. The van der Waals surface area contributed by atoms with Crippen LogP contribution in [0.5, 0.6) is 0 Å². The first kappa shape index (κ1) is 13.1. The van der Waals surface area contributed by atoms with Gasteiger partial charge in [0.25, 0.3) is 0 Å². The predicted octanol–water partition coefficient (Wildman–Crippen LogP) is 5.59. The third kappa shape index (κ3) is 2.30. The Morgan fingerprint density at radius 3 is 2.59 bits per heavy atom. The molecule has 3 aromatic carbocycles. The molecule has 2 nitrogen and oxygen atoms in total. The maximum atomic E-state index is 7.69. The Morgan fingerprint density at radius 2 is 1.78 bits per heavy atom. The third-order valence-corrected chi connectivity index (χ3v) is 5.65. The summed E-state index contributed by atoms with van der Waals surface area (Å²) in [7, 11) is 4.15. The van der Waals surface area contributed by atoms with Crippen molar-refractivity contribution >= 4 is 32.6 Å². The van der Waals surface area contributed by atoms with Crippen molar-refractivity contribution in [2.24, 2.45) is 14.1 Å². The molecule has 5 rings (SSSR count). The normalized spacial score (nSPS) is 13.8. The SMILES string of the molecule is [2H]C([2H])([2H])c1ccc(-c2cc3c4c5ccccc5ccc4n(C)c3c[n+]2C)c(C)c1. The van der Waals surface area contributed by atoms with Gasteiger partial charge in [0, 0.05) is 39.1 Å². The largest absolute Gasteiger partial charge is 0.339 e. The number of pyridine rings is 1. The molecule has 0 bridgehead atoms. The number of fused-ring (bicyclic) bond motifs is 5. The van der Waals surface area contributed by atoms with Gasteiger partial charge in [-0.2, -0.15) is 4.57 Å². The fourth-order valence-corrected chi connectivity index (χ4v) is 4.27. The topological polar surface area (TPSA) is 8.81 Å². The maximum absolute atomic E-state index is 7.69. The van der Waals surface area contributed by atoms with Crippen LogP contribution in [0.3, 0.4) is 0 Å². The molecular weight excluding hydrogens is 328 g/mol. The summed E-state index contributed by atoms with van der Waals surface area (Å²) >= 11 is 0. The molecule has 2 heterocycles. The zero-order chi connectivity index (χ0) is 21.2. The van der Waals surface area contributed by atoms with Crippen molar-refractivity contribution in [2.75, 3.05) is 0 Å². The molecular formula is C25H23N2+. The molecule has 0 aliphatic heterocycles. The van der Waals surface area contributed by atoms with Crippen LogP contribution in [0, 0.1) is 13.8 Å². The molecule has 27 heavy (non-hydrogen) atoms. The summed E-state index contributed by atoms with van der Waals surface area (Å²) < 4.78 is 27.4. The highest BCUT2D eigenvalue weighted by molar-refractivity contribution is 6.20. The Morgan fingerprint density at radius 1 is 0.926 bits per heavy atom. The van der Waals surface area contributed by atoms with Crippen molar-refractivity contribution < 1.29 is 8.68 Å². The van der Waals surface area contributed by atoms with Gasteiger partial charge >= 0.3 is 0 Å². The Kier molecular flexibility index (Phi) is 2.76. The van der Waals surface area contributed by atoms with E-state index in [0.29, 0.717) is 5.56 Å². The second kappa shape index (κ2) is 5.68. The van der Waals surface area contributed by atoms with Gasteiger partial charge in [0.15, 0.2) is 6.20 Å². The van der Waals surface area contributed by atoms with Gasteiger partial charge in [-0.3, -0.25) is 0 Å². The first-order valence-corrected chi connectivity index (χ1v) is 9.17. The van der Waals surface area contributed by atoms with Crippen LogP contribution >= 0.6 is 0 Å². The lowest BCUT2D eigenvalue weighted by Gasteiger charge is -2.06. The van der Waals surface area contributed by atoms with Crippen molar-refractivity contribution in [1.82, 2.24) is 4.57 Å². The van der Waals surface area contributed by atoms with Crippen LogP contribution in [0.25, 0.3) is 43.8 Å². The summed E-state index contributed by atoms with van der Waals surface area (Å²) in [6.45, 7) is -0.114. The van der Waals surface area contributed by atoms with E-state index >= 15 is 0 Å². The van der Waals surface area contributed by atoms with Crippen LogP contribution < -0.4 is 4.57 Å². The van der Waals surface area contributed by atoms with Gasteiger partial charge in [0.2, 0.25) is 5.69 Å². The first-order chi connectivity index (χ1) is 14.3. The number of benzene rings is 3. The Hall–Kier alpha value is -3.13. The maximum Gasteiger partial charge on any atom is 0.213 e. The van der Waals surface area contributed by atoms with E-state index in [-0.39, 0.29) is 0 Å². The summed E-state index contributed by atoms with van der Waals surface area (Å²) in [6.07, 6.45) is 2.16. The number of hydrogen-bond acceptors (Lipinski definition) is 0. The second-order valence-electron chi connectivity index (χ2n) is 7.34. The number of aryl methyl sites for hydroxylation is 4. The molecule has 0 saturated heterocycles. The fourth-order valence-electron chi connectivity index (χ4n) is 4.27. The Balaban J connectivity index is 1.84. The Bertz CT molecular complexity index is 1460. The second-order valence-corrected chi connectivity index (χ2v) is 7.34. The lowest BCUT2D eigenvalue weighted by Crippen LogP contribution is -2.30. The molecule has 0 amide bonds. The number of rotatable bonds is 1. The molecule has 2 heteroatoms. The molecule has 0 fully saturated rings. The predicted molar refractivity (Wildman–Crippen MR) is 114 cm³/mol. The summed E-state index contributed by atoms with van der Waals surface area (Å²) in [6, 6.07) is 20.5. The highest BCUT2D eigenvalue weighted by atomic mass is 15.0. The van der Waals surface area contributed by atoms with Gasteiger partial charge < -0.3 is 4.57 Å². The lowest BCUT2D eigenvalue weighted by atomic mass is 10.00. The minimum Gasteiger partial charge on any atom is -0.339 e. The van der Waals surface area contributed by atoms with Crippen molar-refractivity contribution in [3.8, 4) is 11.3 Å². The van der Waals surface area contributed by atoms with Gasteiger partial charge in [-0.1, -0.05) is 48.0 Å². The van der Waals surface area contributed by atoms with Gasteiger partial charge in [-0.15, -0.1) is 0 Å². The van der Waals surface area contributed by atoms with Crippen molar-refractivity contribution in [3.05, 3.63) is 78.0 Å². The minimum atomic E-state index is -2.09. The first-order valence-electron chi connectivity index (χ1n) is 10.7. The smallest absolute Gasteiger partial charge is 0.213 e. The molecule has 5 aromatic rings. The molecule has 2 aromatic heterocycles. The number of aromatic nitrogens is 2. The van der Waals surface area contributed by atoms with E-state index in [4.69, 9.17) is 4.11 Å². The van der Waals surface area contributed by atoms with Crippen LogP contribution in [-0.4, -0.2) is 4.57 Å². The van der Waals surface area contributed by atoms with Crippen molar-refractivity contribution in [2.45, 2.75) is 13.8 Å². The van der Waals surface area contributed by atoms with Crippen LogP contribution in [0.4, 0.5) is 0 Å². The van der Waals surface area contributed by atoms with Gasteiger partial charge in [0.05, 0.1) is 0 Å². The third-order valence-electron chi connectivity index (χ3n) is 5.65. The monoisotopic (exact) mass is 354 g/mol. The quantitative estimate of drug-likeness (QED) is 0.347. The van der Waals surface area contributed by atoms with E-state index in [0.717, 1.165) is 16.8 Å². The van der Waals surface area contributed by atoms with Crippen LogP contribution in [0.2, 0.25) is 0 Å². The number of nitrogens with zero attached hydrogens (tertiary/aromatic N) is 2. The molecule has 132 valence electrons. The molecule has 0 saturated carbocycles. The molecule has 0 radical (unpaired) electrons. The summed E-state index contributed by atoms with van der Waals surface area (Å²) in [5, 5.41) is 4.93. The standard InChI is InChI=1S/C25H23N2/c1-16-9-11-19(17(2)13-16)23-14-21-24(15-26(23)3)27(4)22-12-10-18-7-5-6-8-20(18)25(21)22/h5-15H,1-4H3/q+1/i1D3. The Labute approximate surface area is 163 Å². The van der Waals surface area contributed by atoms with Crippen LogP contribution in [0.15, 0.2) is 66.9 Å². The van der Waals surface area contributed by atoms with Crippen LogP contribution in [-0.2, 0) is 14.1 Å². The fraction of sp³-hybridized carbons (Fsp3) is 0.160. The van der Waals surface area contributed by atoms with Crippen LogP contribution in [0.1, 0.15) is 15.2 Å². The van der Waals surface area contributed by atoms with Gasteiger partial charge in [-0.25, -0.2) is 0 Å². The average Bonchev–Trinajstić information content (AvgIpc) is 2.99. The van der Waals surface area contributed by atoms with E-state index < -0.39 is 6.85 Å². The summed E-state index contributed by atoms with van der Waals surface area (Å²) in [5.74, 6) is 0. The number of hydrogen-bond donors (Lipinski definition) is 0. The van der Waals surface area contributed by atoms with Gasteiger partial charge in [-0.05, 0) is 42.2 Å². The molecule has 0 aliphatic carbocycles. The zero-order valence-electron chi connectivity index (χ0n) is 18.7. The molecule has 0 aliphatic rings. The molecule has 0 N–H and O–H groups in total. The highest BCUT2D eigenvalue weighted by Crippen LogP contribution is 2.35. The van der Waals surface area contributed by atoms with Gasteiger partial charge in [0.1, 0.15) is 12.6 Å². The highest BCUT2D eigenvalue weighted by Gasteiger charge is 2.19. The van der Waals surface area contributed by atoms with E-state index in [1.54, 1.807) is 12.1 Å². The summed E-state index contributed by atoms with van der Waals surface area (Å²) in [4.78, 5) is 0. The average molecular weight is 354 g/mol. The van der Waals surface area contributed by atoms with Crippen molar-refractivity contribution in [3.63, 3.8) is 0 Å². The van der Waals surface area contributed by atoms with E-state index in [9.17, 15) is 0 Å². The molecule has 0 spiro atoms. The van der Waals surface area contributed by atoms with E-state index in [1.807, 2.05) is 20.0 Å². The molecule has 0 unspecified atom stereocenters. The zero-order valence-corrected chi connectivity index (χ0v) is 15.7. The van der Waals surface area contributed by atoms with E-state index in [1.165, 1.54) is 32.6 Å². The minimum absolute atomic E-state index is 0.378. The van der Waals surface area contributed by atoms with E-state index in [2.05, 4.69) is 64.8 Å².